The van der Waals surface area contributed by atoms with E-state index in [1.54, 1.807) is 12.5 Å². The molecule has 5 heteroatoms. The highest BCUT2D eigenvalue weighted by Crippen LogP contribution is 2.18. The van der Waals surface area contributed by atoms with Crippen molar-refractivity contribution in [2.45, 2.75) is 38.5 Å². The van der Waals surface area contributed by atoms with Gasteiger partial charge in [0, 0.05) is 12.7 Å². The fraction of sp³-hybridized carbons (Fsp3) is 0.231. The molecule has 0 saturated carbocycles. The summed E-state index contributed by atoms with van der Waals surface area (Å²) in [7, 11) is 0. The Bertz CT molecular complexity index is 1140. The molecule has 0 spiro atoms. The van der Waals surface area contributed by atoms with Gasteiger partial charge in [-0.15, -0.1) is 0 Å². The first-order valence-corrected chi connectivity index (χ1v) is 10.6. The molecule has 0 bridgehead atoms. The molecule has 0 aliphatic rings. The van der Waals surface area contributed by atoms with E-state index in [0.29, 0.717) is 13.2 Å². The van der Waals surface area contributed by atoms with E-state index in [1.165, 1.54) is 16.3 Å². The van der Waals surface area contributed by atoms with Gasteiger partial charge in [-0.25, -0.2) is 4.98 Å². The third kappa shape index (κ3) is 5.80. The van der Waals surface area contributed by atoms with Crippen LogP contribution in [0.25, 0.3) is 10.8 Å². The van der Waals surface area contributed by atoms with Gasteiger partial charge in [0.05, 0.1) is 19.0 Å². The van der Waals surface area contributed by atoms with Crippen molar-refractivity contribution >= 4 is 16.7 Å². The Morgan fingerprint density at radius 1 is 0.968 bits per heavy atom. The second-order valence-corrected chi connectivity index (χ2v) is 7.81. The maximum atomic E-state index is 11.3. The fourth-order valence-electron chi connectivity index (χ4n) is 3.77. The minimum absolute atomic E-state index is 0.00980. The van der Waals surface area contributed by atoms with Gasteiger partial charge >= 0.3 is 0 Å². The van der Waals surface area contributed by atoms with Gasteiger partial charge in [0.2, 0.25) is 0 Å². The number of rotatable bonds is 10. The number of ether oxygens (including phenoxy) is 1. The van der Waals surface area contributed by atoms with Gasteiger partial charge in [-0.2, -0.15) is 0 Å². The highest BCUT2D eigenvalue weighted by molar-refractivity contribution is 5.90. The number of fused-ring (bicyclic) bond motifs is 1. The highest BCUT2D eigenvalue weighted by Gasteiger charge is 2.13. The van der Waals surface area contributed by atoms with Crippen molar-refractivity contribution in [1.29, 1.82) is 0 Å². The topological polar surface area (TPSA) is 70.1 Å². The lowest BCUT2D eigenvalue weighted by atomic mass is 10.0. The number of nitrogens with two attached hydrogens (primary N) is 1. The summed E-state index contributed by atoms with van der Waals surface area (Å²) in [6.07, 6.45) is 6.24. The van der Waals surface area contributed by atoms with E-state index >= 15 is 0 Å². The Kier molecular flexibility index (Phi) is 6.75. The predicted molar refractivity (Wildman–Crippen MR) is 123 cm³/mol. The van der Waals surface area contributed by atoms with Crippen molar-refractivity contribution in [3.63, 3.8) is 0 Å². The van der Waals surface area contributed by atoms with Crippen LogP contribution in [0.5, 0.6) is 0 Å². The van der Waals surface area contributed by atoms with Crippen molar-refractivity contribution in [3.05, 3.63) is 102 Å². The molecular weight excluding hydrogens is 386 g/mol. The second-order valence-electron chi connectivity index (χ2n) is 7.81. The number of aryl methyl sites for hydroxylation is 1. The zero-order chi connectivity index (χ0) is 21.5. The summed E-state index contributed by atoms with van der Waals surface area (Å²) >= 11 is 0. The number of imidazole rings is 1. The molecule has 2 N–H and O–H groups in total. The second kappa shape index (κ2) is 10.0. The van der Waals surface area contributed by atoms with Gasteiger partial charge in [-0.05, 0) is 41.2 Å². The lowest BCUT2D eigenvalue weighted by Crippen LogP contribution is -2.20. The van der Waals surface area contributed by atoms with Gasteiger partial charge in [-0.3, -0.25) is 4.79 Å². The third-order valence-corrected chi connectivity index (χ3v) is 5.43. The van der Waals surface area contributed by atoms with E-state index < -0.39 is 5.91 Å². The molecule has 1 amide bonds. The van der Waals surface area contributed by atoms with Crippen LogP contribution in [-0.2, 0) is 24.3 Å². The average Bonchev–Trinajstić information content (AvgIpc) is 3.27. The SMILES string of the molecule is NC(=O)c1cn(CC(CCCc2ccc3ccccc3c2)OCc2ccccc2)cn1. The Morgan fingerprint density at radius 2 is 1.74 bits per heavy atom. The van der Waals surface area contributed by atoms with E-state index in [1.807, 2.05) is 22.8 Å². The molecule has 158 valence electrons. The molecule has 1 unspecified atom stereocenters. The molecular formula is C26H27N3O2. The molecule has 1 atom stereocenters. The first-order chi connectivity index (χ1) is 15.2. The minimum Gasteiger partial charge on any atom is -0.372 e. The number of carbonyl (C=O) groups is 1. The first-order valence-electron chi connectivity index (χ1n) is 10.6. The molecule has 5 nitrogen and oxygen atoms in total. The smallest absolute Gasteiger partial charge is 0.268 e. The Hall–Kier alpha value is -3.44. The van der Waals surface area contributed by atoms with Crippen LogP contribution < -0.4 is 5.73 Å². The molecule has 0 aliphatic carbocycles. The monoisotopic (exact) mass is 413 g/mol. The molecule has 1 aromatic heterocycles. The Balaban J connectivity index is 1.38. The van der Waals surface area contributed by atoms with Crippen molar-refractivity contribution in [2.24, 2.45) is 5.73 Å². The van der Waals surface area contributed by atoms with Crippen molar-refractivity contribution < 1.29 is 9.53 Å². The molecule has 4 aromatic rings. The van der Waals surface area contributed by atoms with Crippen LogP contribution in [0.3, 0.4) is 0 Å². The molecule has 4 rings (SSSR count). The van der Waals surface area contributed by atoms with Crippen LogP contribution in [0.4, 0.5) is 0 Å². The summed E-state index contributed by atoms with van der Waals surface area (Å²) in [4.78, 5) is 15.4. The molecule has 0 radical (unpaired) electrons. The number of aromatic nitrogens is 2. The number of nitrogens with zero attached hydrogens (tertiary/aromatic N) is 2. The minimum atomic E-state index is -0.517. The lowest BCUT2D eigenvalue weighted by molar-refractivity contribution is 0.0225. The standard InChI is InChI=1S/C26H27N3O2/c27-26(30)25-17-29(19-28-25)16-24(31-18-21-7-2-1-3-8-21)12-6-9-20-13-14-22-10-4-5-11-23(22)15-20/h1-5,7-8,10-11,13-15,17,19,24H,6,9,12,16,18H2,(H2,27,30). The van der Waals surface area contributed by atoms with E-state index in [0.717, 1.165) is 24.8 Å². The van der Waals surface area contributed by atoms with Gasteiger partial charge < -0.3 is 15.0 Å². The molecule has 0 aliphatic heterocycles. The number of hydrogen-bond donors (Lipinski definition) is 1. The van der Waals surface area contributed by atoms with Crippen LogP contribution in [0, 0.1) is 0 Å². The summed E-state index contributed by atoms with van der Waals surface area (Å²) in [6, 6.07) is 25.3. The maximum absolute atomic E-state index is 11.3. The summed E-state index contributed by atoms with van der Waals surface area (Å²) in [6.45, 7) is 1.18. The van der Waals surface area contributed by atoms with Gasteiger partial charge in [-0.1, -0.05) is 72.8 Å². The van der Waals surface area contributed by atoms with Crippen LogP contribution >= 0.6 is 0 Å². The first kappa shape index (κ1) is 20.8. The molecule has 3 aromatic carbocycles. The van der Waals surface area contributed by atoms with Crippen molar-refractivity contribution in [3.8, 4) is 0 Å². The normalized spacial score (nSPS) is 12.1. The number of amides is 1. The number of benzene rings is 3. The van der Waals surface area contributed by atoms with Crippen LogP contribution in [0.15, 0.2) is 85.3 Å². The van der Waals surface area contributed by atoms with E-state index in [9.17, 15) is 4.79 Å². The van der Waals surface area contributed by atoms with E-state index in [2.05, 4.69) is 59.6 Å². The fourth-order valence-corrected chi connectivity index (χ4v) is 3.77. The number of primary amides is 1. The average molecular weight is 414 g/mol. The highest BCUT2D eigenvalue weighted by atomic mass is 16.5. The maximum Gasteiger partial charge on any atom is 0.268 e. The zero-order valence-electron chi connectivity index (χ0n) is 17.5. The Labute approximate surface area is 182 Å². The Morgan fingerprint density at radius 3 is 2.52 bits per heavy atom. The van der Waals surface area contributed by atoms with Gasteiger partial charge in [0.15, 0.2) is 0 Å². The van der Waals surface area contributed by atoms with E-state index in [4.69, 9.17) is 10.5 Å². The van der Waals surface area contributed by atoms with Crippen LogP contribution in [0.2, 0.25) is 0 Å². The largest absolute Gasteiger partial charge is 0.372 e. The lowest BCUT2D eigenvalue weighted by Gasteiger charge is -2.19. The molecule has 0 saturated heterocycles. The summed E-state index contributed by atoms with van der Waals surface area (Å²) in [5.74, 6) is -0.517. The van der Waals surface area contributed by atoms with Crippen molar-refractivity contribution in [1.82, 2.24) is 9.55 Å². The van der Waals surface area contributed by atoms with Crippen molar-refractivity contribution in [2.75, 3.05) is 0 Å². The predicted octanol–water partition coefficient (Wildman–Crippen LogP) is 4.74. The summed E-state index contributed by atoms with van der Waals surface area (Å²) < 4.78 is 8.13. The number of hydrogen-bond acceptors (Lipinski definition) is 3. The van der Waals surface area contributed by atoms with Crippen LogP contribution in [-0.4, -0.2) is 21.6 Å². The zero-order valence-corrected chi connectivity index (χ0v) is 17.5. The molecule has 0 fully saturated rings. The van der Waals surface area contributed by atoms with Gasteiger partial charge in [0.1, 0.15) is 5.69 Å². The number of carbonyl (C=O) groups excluding carboxylic acids is 1. The van der Waals surface area contributed by atoms with Crippen LogP contribution in [0.1, 0.15) is 34.5 Å². The third-order valence-electron chi connectivity index (χ3n) is 5.43. The quantitative estimate of drug-likeness (QED) is 0.408. The summed E-state index contributed by atoms with van der Waals surface area (Å²) in [5.41, 5.74) is 8.08. The molecule has 31 heavy (non-hydrogen) atoms. The summed E-state index contributed by atoms with van der Waals surface area (Å²) in [5, 5.41) is 2.54. The molecule has 1 heterocycles. The van der Waals surface area contributed by atoms with Gasteiger partial charge in [0.25, 0.3) is 5.91 Å². The van der Waals surface area contributed by atoms with E-state index in [-0.39, 0.29) is 11.8 Å².